The molecule has 2 rings (SSSR count). The van der Waals surface area contributed by atoms with Crippen LogP contribution in [0.2, 0.25) is 5.02 Å². The second kappa shape index (κ2) is 5.17. The number of ether oxygens (including phenoxy) is 1. The molecule has 0 spiro atoms. The summed E-state index contributed by atoms with van der Waals surface area (Å²) in [5.41, 5.74) is 0.694. The van der Waals surface area contributed by atoms with Gasteiger partial charge in [0.15, 0.2) is 0 Å². The summed E-state index contributed by atoms with van der Waals surface area (Å²) in [4.78, 5) is 0. The topological polar surface area (TPSA) is 47.3 Å². The summed E-state index contributed by atoms with van der Waals surface area (Å²) in [7, 11) is 1.79. The molecule has 0 radical (unpaired) electrons. The van der Waals surface area contributed by atoms with Gasteiger partial charge in [0.1, 0.15) is 0 Å². The van der Waals surface area contributed by atoms with E-state index in [9.17, 15) is 5.11 Å². The van der Waals surface area contributed by atoms with Gasteiger partial charge in [-0.1, -0.05) is 11.6 Å². The lowest BCUT2D eigenvalue weighted by Gasteiger charge is -2.14. The Hall–Kier alpha value is -0.580. The van der Waals surface area contributed by atoms with E-state index in [2.05, 4.69) is 5.10 Å². The summed E-state index contributed by atoms with van der Waals surface area (Å²) < 4.78 is 7.14. The molecule has 0 amide bonds. The monoisotopic (exact) mass is 244 g/mol. The Balaban J connectivity index is 1.89. The van der Waals surface area contributed by atoms with Crippen LogP contribution in [0, 0.1) is 0 Å². The highest BCUT2D eigenvalue weighted by Gasteiger charge is 2.20. The summed E-state index contributed by atoms with van der Waals surface area (Å²) in [6.45, 7) is 0.854. The molecule has 2 unspecified atom stereocenters. The van der Waals surface area contributed by atoms with Crippen molar-refractivity contribution < 1.29 is 9.84 Å². The van der Waals surface area contributed by atoms with Crippen LogP contribution in [-0.2, 0) is 11.8 Å². The van der Waals surface area contributed by atoms with Gasteiger partial charge in [0.2, 0.25) is 0 Å². The fourth-order valence-corrected chi connectivity index (χ4v) is 2.44. The van der Waals surface area contributed by atoms with Crippen molar-refractivity contribution in [3.8, 4) is 0 Å². The number of rotatable bonds is 4. The minimum absolute atomic E-state index is 0.307. The molecule has 5 heteroatoms. The maximum atomic E-state index is 10.0. The molecule has 2 heterocycles. The van der Waals surface area contributed by atoms with Gasteiger partial charge in [0, 0.05) is 13.7 Å². The molecular formula is C11H17ClN2O2. The third kappa shape index (κ3) is 2.56. The number of hydrogen-bond acceptors (Lipinski definition) is 3. The van der Waals surface area contributed by atoms with E-state index in [1.165, 1.54) is 0 Å². The van der Waals surface area contributed by atoms with Crippen LogP contribution in [-0.4, -0.2) is 27.6 Å². The van der Waals surface area contributed by atoms with Crippen molar-refractivity contribution in [1.29, 1.82) is 0 Å². The van der Waals surface area contributed by atoms with Gasteiger partial charge in [-0.15, -0.1) is 0 Å². The van der Waals surface area contributed by atoms with Crippen LogP contribution in [0.25, 0.3) is 0 Å². The van der Waals surface area contributed by atoms with Crippen molar-refractivity contribution in [3.05, 3.63) is 16.9 Å². The van der Waals surface area contributed by atoms with Crippen molar-refractivity contribution >= 4 is 11.6 Å². The molecule has 1 fully saturated rings. The minimum atomic E-state index is -0.552. The highest BCUT2D eigenvalue weighted by atomic mass is 35.5. The molecule has 1 N–H and O–H groups in total. The summed E-state index contributed by atoms with van der Waals surface area (Å²) in [6.07, 6.45) is 5.10. The Kier molecular flexibility index (Phi) is 3.84. The van der Waals surface area contributed by atoms with Gasteiger partial charge in [-0.2, -0.15) is 5.10 Å². The SMILES string of the molecule is Cn1ncc(Cl)c1C(O)CCC1CCCO1. The molecule has 1 saturated heterocycles. The number of aliphatic hydroxyl groups is 1. The van der Waals surface area contributed by atoms with E-state index in [0.29, 0.717) is 23.2 Å². The smallest absolute Gasteiger partial charge is 0.0972 e. The highest BCUT2D eigenvalue weighted by Crippen LogP contribution is 2.27. The number of aryl methyl sites for hydroxylation is 1. The van der Waals surface area contributed by atoms with Crippen molar-refractivity contribution in [3.63, 3.8) is 0 Å². The van der Waals surface area contributed by atoms with E-state index in [1.807, 2.05) is 0 Å². The van der Waals surface area contributed by atoms with Gasteiger partial charge in [-0.05, 0) is 25.7 Å². The lowest BCUT2D eigenvalue weighted by molar-refractivity contribution is 0.0792. The minimum Gasteiger partial charge on any atom is -0.387 e. The van der Waals surface area contributed by atoms with E-state index in [1.54, 1.807) is 17.9 Å². The molecule has 90 valence electrons. The Bertz CT molecular complexity index is 328. The Morgan fingerprint density at radius 2 is 2.56 bits per heavy atom. The van der Waals surface area contributed by atoms with Crippen molar-refractivity contribution in [1.82, 2.24) is 9.78 Å². The lowest BCUT2D eigenvalue weighted by atomic mass is 10.1. The molecule has 1 aliphatic heterocycles. The first-order chi connectivity index (χ1) is 7.68. The van der Waals surface area contributed by atoms with Gasteiger partial charge < -0.3 is 9.84 Å². The third-order valence-corrected chi connectivity index (χ3v) is 3.33. The first-order valence-electron chi connectivity index (χ1n) is 5.65. The molecule has 4 nitrogen and oxygen atoms in total. The molecule has 0 bridgehead atoms. The van der Waals surface area contributed by atoms with Crippen LogP contribution in [0.3, 0.4) is 0 Å². The summed E-state index contributed by atoms with van der Waals surface area (Å²) >= 11 is 5.96. The van der Waals surface area contributed by atoms with Crippen molar-refractivity contribution in [2.45, 2.75) is 37.9 Å². The quantitative estimate of drug-likeness (QED) is 0.882. The van der Waals surface area contributed by atoms with E-state index >= 15 is 0 Å². The van der Waals surface area contributed by atoms with Gasteiger partial charge in [-0.25, -0.2) is 0 Å². The lowest BCUT2D eigenvalue weighted by Crippen LogP contribution is -2.10. The average Bonchev–Trinajstić information content (AvgIpc) is 2.86. The van der Waals surface area contributed by atoms with Gasteiger partial charge in [0.05, 0.1) is 29.1 Å². The molecule has 1 aromatic rings. The van der Waals surface area contributed by atoms with E-state index < -0.39 is 6.10 Å². The van der Waals surface area contributed by atoms with Gasteiger partial charge in [0.25, 0.3) is 0 Å². The van der Waals surface area contributed by atoms with Gasteiger partial charge in [-0.3, -0.25) is 4.68 Å². The van der Waals surface area contributed by atoms with Crippen LogP contribution in [0.1, 0.15) is 37.5 Å². The molecular weight excluding hydrogens is 228 g/mol. The largest absolute Gasteiger partial charge is 0.387 e. The molecule has 1 aliphatic rings. The number of hydrogen-bond donors (Lipinski definition) is 1. The Morgan fingerprint density at radius 1 is 1.75 bits per heavy atom. The third-order valence-electron chi connectivity index (χ3n) is 3.04. The first kappa shape index (κ1) is 11.9. The molecule has 0 aromatic carbocycles. The van der Waals surface area contributed by atoms with Crippen molar-refractivity contribution in [2.24, 2.45) is 7.05 Å². The van der Waals surface area contributed by atoms with E-state index in [4.69, 9.17) is 16.3 Å². The van der Waals surface area contributed by atoms with Gasteiger partial charge >= 0.3 is 0 Å². The van der Waals surface area contributed by atoms with E-state index in [0.717, 1.165) is 25.9 Å². The zero-order valence-electron chi connectivity index (χ0n) is 9.40. The van der Waals surface area contributed by atoms with Crippen LogP contribution in [0.5, 0.6) is 0 Å². The fraction of sp³-hybridized carbons (Fsp3) is 0.727. The molecule has 1 aromatic heterocycles. The normalized spacial score (nSPS) is 22.6. The maximum absolute atomic E-state index is 10.0. The Morgan fingerprint density at radius 3 is 3.12 bits per heavy atom. The summed E-state index contributed by atoms with van der Waals surface area (Å²) in [5, 5.41) is 14.6. The van der Waals surface area contributed by atoms with Crippen LogP contribution < -0.4 is 0 Å². The van der Waals surface area contributed by atoms with Crippen LogP contribution in [0.4, 0.5) is 0 Å². The first-order valence-corrected chi connectivity index (χ1v) is 6.03. The second-order valence-corrected chi connectivity index (χ2v) is 4.64. The summed E-state index contributed by atoms with van der Waals surface area (Å²) in [6, 6.07) is 0. The number of aromatic nitrogens is 2. The maximum Gasteiger partial charge on any atom is 0.0972 e. The second-order valence-electron chi connectivity index (χ2n) is 4.23. The van der Waals surface area contributed by atoms with Crippen molar-refractivity contribution in [2.75, 3.05) is 6.61 Å². The zero-order valence-corrected chi connectivity index (χ0v) is 10.2. The van der Waals surface area contributed by atoms with Crippen LogP contribution >= 0.6 is 11.6 Å². The van der Waals surface area contributed by atoms with E-state index in [-0.39, 0.29) is 0 Å². The number of halogens is 1. The van der Waals surface area contributed by atoms with Crippen LogP contribution in [0.15, 0.2) is 6.20 Å². The fourth-order valence-electron chi connectivity index (χ4n) is 2.15. The predicted molar refractivity (Wildman–Crippen MR) is 61.4 cm³/mol. The molecule has 16 heavy (non-hydrogen) atoms. The highest BCUT2D eigenvalue weighted by molar-refractivity contribution is 6.31. The predicted octanol–water partition coefficient (Wildman–Crippen LogP) is 2.07. The summed E-state index contributed by atoms with van der Waals surface area (Å²) in [5.74, 6) is 0. The average molecular weight is 245 g/mol. The zero-order chi connectivity index (χ0) is 11.5. The molecule has 2 atom stereocenters. The molecule has 0 aliphatic carbocycles. The number of nitrogens with zero attached hydrogens (tertiary/aromatic N) is 2. The number of aliphatic hydroxyl groups excluding tert-OH is 1. The standard InChI is InChI=1S/C11H17ClN2O2/c1-14-11(9(12)7-13-14)10(15)5-4-8-3-2-6-16-8/h7-8,10,15H,2-6H2,1H3. The Labute approximate surface area is 100 Å². The molecule has 0 saturated carbocycles.